The van der Waals surface area contributed by atoms with E-state index >= 15 is 0 Å². The molecule has 0 atom stereocenters. The van der Waals surface area contributed by atoms with Gasteiger partial charge < -0.3 is 15.0 Å². The Morgan fingerprint density at radius 2 is 2.17 bits per heavy atom. The maximum absolute atomic E-state index is 12.0. The van der Waals surface area contributed by atoms with Crippen LogP contribution in [0.3, 0.4) is 0 Å². The summed E-state index contributed by atoms with van der Waals surface area (Å²) in [5.41, 5.74) is 1.97. The van der Waals surface area contributed by atoms with Crippen LogP contribution in [0.5, 0.6) is 5.88 Å². The normalized spacial score (nSPS) is 16.0. The summed E-state index contributed by atoms with van der Waals surface area (Å²) in [5, 5.41) is 18.3. The molecular formula is C17H20N4O3. The number of aromatic amines is 1. The van der Waals surface area contributed by atoms with Crippen molar-refractivity contribution in [1.29, 1.82) is 0 Å². The molecule has 1 aromatic heterocycles. The molecule has 7 heteroatoms. The van der Waals surface area contributed by atoms with E-state index in [4.69, 9.17) is 0 Å². The number of nitrogens with zero attached hydrogens (tertiary/aromatic N) is 3. The predicted molar refractivity (Wildman–Crippen MR) is 89.3 cm³/mol. The van der Waals surface area contributed by atoms with Gasteiger partial charge in [-0.1, -0.05) is 24.6 Å². The minimum atomic E-state index is -0.494. The van der Waals surface area contributed by atoms with Gasteiger partial charge in [0, 0.05) is 18.4 Å². The van der Waals surface area contributed by atoms with Gasteiger partial charge in [0.25, 0.3) is 5.91 Å². The number of fused-ring (bicyclic) bond motifs is 1. The number of hydrogen-bond acceptors (Lipinski definition) is 4. The lowest BCUT2D eigenvalue weighted by Gasteiger charge is -2.17. The SMILES string of the molecule is Cc1cccc2c(N=NC(=O)CN3CCCCCC3=O)c(O)[nH]c12. The Hall–Kier alpha value is -2.70. The molecule has 0 bridgehead atoms. The molecule has 2 heterocycles. The van der Waals surface area contributed by atoms with E-state index in [0.717, 1.165) is 30.3 Å². The summed E-state index contributed by atoms with van der Waals surface area (Å²) in [6.45, 7) is 2.43. The fourth-order valence-electron chi connectivity index (χ4n) is 2.94. The third-order valence-corrected chi connectivity index (χ3v) is 4.25. The molecule has 1 aliphatic heterocycles. The van der Waals surface area contributed by atoms with E-state index in [2.05, 4.69) is 15.2 Å². The molecule has 1 fully saturated rings. The van der Waals surface area contributed by atoms with Gasteiger partial charge in [0.1, 0.15) is 6.54 Å². The Morgan fingerprint density at radius 3 is 3.00 bits per heavy atom. The summed E-state index contributed by atoms with van der Waals surface area (Å²) in [5.74, 6) is -0.630. The number of para-hydroxylation sites is 1. The van der Waals surface area contributed by atoms with Crippen LogP contribution in [0.15, 0.2) is 28.4 Å². The smallest absolute Gasteiger partial charge is 0.283 e. The Labute approximate surface area is 139 Å². The molecular weight excluding hydrogens is 308 g/mol. The number of carbonyl (C=O) groups excluding carboxylic acids is 2. The highest BCUT2D eigenvalue weighted by molar-refractivity contribution is 5.96. The van der Waals surface area contributed by atoms with Crippen molar-refractivity contribution in [2.24, 2.45) is 10.2 Å². The molecule has 0 unspecified atom stereocenters. The van der Waals surface area contributed by atoms with E-state index in [1.165, 1.54) is 4.90 Å². The lowest BCUT2D eigenvalue weighted by molar-refractivity contribution is -0.134. The van der Waals surface area contributed by atoms with Gasteiger partial charge in [-0.05, 0) is 25.3 Å². The fraction of sp³-hybridized carbons (Fsp3) is 0.412. The van der Waals surface area contributed by atoms with Gasteiger partial charge >= 0.3 is 0 Å². The summed E-state index contributed by atoms with van der Waals surface area (Å²) in [6.07, 6.45) is 3.25. The number of likely N-dealkylation sites (tertiary alicyclic amines) is 1. The van der Waals surface area contributed by atoms with E-state index < -0.39 is 5.91 Å². The topological polar surface area (TPSA) is 98.1 Å². The van der Waals surface area contributed by atoms with Crippen LogP contribution in [-0.2, 0) is 9.59 Å². The molecule has 0 radical (unpaired) electrons. The summed E-state index contributed by atoms with van der Waals surface area (Å²) < 4.78 is 0. The lowest BCUT2D eigenvalue weighted by atomic mass is 10.1. The highest BCUT2D eigenvalue weighted by Gasteiger charge is 2.19. The Morgan fingerprint density at radius 1 is 1.33 bits per heavy atom. The number of aromatic hydroxyl groups is 1. The number of rotatable bonds is 3. The minimum absolute atomic E-state index is 0.0124. The van der Waals surface area contributed by atoms with Gasteiger partial charge in [-0.15, -0.1) is 10.2 Å². The van der Waals surface area contributed by atoms with Crippen LogP contribution in [0.25, 0.3) is 10.9 Å². The molecule has 2 N–H and O–H groups in total. The molecule has 1 aromatic carbocycles. The number of carbonyl (C=O) groups is 2. The number of H-pyrrole nitrogens is 1. The molecule has 2 aromatic rings. The molecule has 0 spiro atoms. The highest BCUT2D eigenvalue weighted by Crippen LogP contribution is 2.36. The molecule has 0 aliphatic carbocycles. The second-order valence-corrected chi connectivity index (χ2v) is 6.04. The maximum atomic E-state index is 12.0. The zero-order valence-corrected chi connectivity index (χ0v) is 13.6. The van der Waals surface area contributed by atoms with Gasteiger partial charge in [0.05, 0.1) is 5.52 Å². The molecule has 0 saturated carbocycles. The number of nitrogens with one attached hydrogen (secondary N) is 1. The van der Waals surface area contributed by atoms with Crippen LogP contribution >= 0.6 is 0 Å². The van der Waals surface area contributed by atoms with Crippen molar-refractivity contribution in [2.45, 2.75) is 32.6 Å². The van der Waals surface area contributed by atoms with Gasteiger partial charge in [-0.3, -0.25) is 9.59 Å². The van der Waals surface area contributed by atoms with Gasteiger partial charge in [0.15, 0.2) is 5.69 Å². The van der Waals surface area contributed by atoms with Crippen LogP contribution < -0.4 is 0 Å². The third kappa shape index (κ3) is 3.29. The summed E-state index contributed by atoms with van der Waals surface area (Å²) >= 11 is 0. The Kier molecular flexibility index (Phi) is 4.59. The second kappa shape index (κ2) is 6.82. The summed E-state index contributed by atoms with van der Waals surface area (Å²) in [4.78, 5) is 28.3. The first-order chi connectivity index (χ1) is 11.6. The van der Waals surface area contributed by atoms with E-state index in [1.54, 1.807) is 6.07 Å². The summed E-state index contributed by atoms with van der Waals surface area (Å²) in [7, 11) is 0. The lowest BCUT2D eigenvalue weighted by Crippen LogP contribution is -2.34. The van der Waals surface area contributed by atoms with Crippen molar-refractivity contribution in [3.05, 3.63) is 23.8 Å². The van der Waals surface area contributed by atoms with Crippen molar-refractivity contribution in [3.8, 4) is 5.88 Å². The molecule has 1 aliphatic rings. The highest BCUT2D eigenvalue weighted by atomic mass is 16.3. The van der Waals surface area contributed by atoms with Crippen LogP contribution in [0.1, 0.15) is 31.2 Å². The number of aryl methyl sites for hydroxylation is 1. The van der Waals surface area contributed by atoms with Crippen LogP contribution in [0.2, 0.25) is 0 Å². The Bertz CT molecular complexity index is 810. The molecule has 1 saturated heterocycles. The van der Waals surface area contributed by atoms with Crippen LogP contribution in [0, 0.1) is 6.92 Å². The van der Waals surface area contributed by atoms with Crippen molar-refractivity contribution in [1.82, 2.24) is 9.88 Å². The first kappa shape index (κ1) is 16.2. The predicted octanol–water partition coefficient (Wildman–Crippen LogP) is 3.19. The molecule has 7 nitrogen and oxygen atoms in total. The third-order valence-electron chi connectivity index (χ3n) is 4.25. The zero-order chi connectivity index (χ0) is 17.1. The summed E-state index contributed by atoms with van der Waals surface area (Å²) in [6, 6.07) is 5.56. The number of benzene rings is 1. The van der Waals surface area contributed by atoms with E-state index in [9.17, 15) is 14.7 Å². The average molecular weight is 328 g/mol. The standard InChI is InChI=1S/C17H20N4O3/c1-11-6-5-7-12-15(11)18-17(24)16(12)20-19-13(22)10-21-9-4-2-3-8-14(21)23/h5-7,18,24H,2-4,8-10H2,1H3. The van der Waals surface area contributed by atoms with Crippen molar-refractivity contribution in [2.75, 3.05) is 13.1 Å². The molecule has 126 valence electrons. The second-order valence-electron chi connectivity index (χ2n) is 6.04. The Balaban J connectivity index is 1.76. The fourth-order valence-corrected chi connectivity index (χ4v) is 2.94. The monoisotopic (exact) mass is 328 g/mol. The molecule has 24 heavy (non-hydrogen) atoms. The van der Waals surface area contributed by atoms with E-state index in [1.807, 2.05) is 19.1 Å². The van der Waals surface area contributed by atoms with Crippen LogP contribution in [-0.4, -0.2) is 39.9 Å². The zero-order valence-electron chi connectivity index (χ0n) is 13.6. The number of amides is 2. The van der Waals surface area contributed by atoms with Gasteiger partial charge in [0.2, 0.25) is 11.8 Å². The van der Waals surface area contributed by atoms with E-state index in [-0.39, 0.29) is 24.0 Å². The van der Waals surface area contributed by atoms with Crippen LogP contribution in [0.4, 0.5) is 5.69 Å². The van der Waals surface area contributed by atoms with Crippen molar-refractivity contribution < 1.29 is 14.7 Å². The number of azo groups is 1. The molecule has 3 rings (SSSR count). The quantitative estimate of drug-likeness (QED) is 0.846. The first-order valence-electron chi connectivity index (χ1n) is 8.09. The van der Waals surface area contributed by atoms with Crippen molar-refractivity contribution in [3.63, 3.8) is 0 Å². The number of hydrogen-bond donors (Lipinski definition) is 2. The number of aromatic nitrogens is 1. The van der Waals surface area contributed by atoms with Gasteiger partial charge in [-0.25, -0.2) is 0 Å². The largest absolute Gasteiger partial charge is 0.493 e. The minimum Gasteiger partial charge on any atom is -0.493 e. The average Bonchev–Trinajstić information content (AvgIpc) is 2.74. The first-order valence-corrected chi connectivity index (χ1v) is 8.09. The van der Waals surface area contributed by atoms with Gasteiger partial charge in [-0.2, -0.15) is 0 Å². The van der Waals surface area contributed by atoms with Crippen molar-refractivity contribution >= 4 is 28.4 Å². The maximum Gasteiger partial charge on any atom is 0.283 e. The van der Waals surface area contributed by atoms with E-state index in [0.29, 0.717) is 18.4 Å². The molecule has 2 amide bonds.